The molecule has 0 N–H and O–H groups in total. The fourth-order valence-electron chi connectivity index (χ4n) is 1.43. The van der Waals surface area contributed by atoms with Crippen LogP contribution in [0.25, 0.3) is 0 Å². The number of esters is 1. The van der Waals surface area contributed by atoms with Gasteiger partial charge >= 0.3 is 5.97 Å². The molecule has 2 heteroatoms. The van der Waals surface area contributed by atoms with Gasteiger partial charge in [0.05, 0.1) is 5.41 Å². The number of rotatable bonds is 1. The molecule has 0 spiro atoms. The van der Waals surface area contributed by atoms with E-state index in [0.29, 0.717) is 0 Å². The van der Waals surface area contributed by atoms with Crippen molar-refractivity contribution in [3.63, 3.8) is 0 Å². The summed E-state index contributed by atoms with van der Waals surface area (Å²) in [5.74, 6) is -0.0266. The zero-order chi connectivity index (χ0) is 9.41. The van der Waals surface area contributed by atoms with E-state index in [4.69, 9.17) is 4.74 Å². The fourth-order valence-corrected chi connectivity index (χ4v) is 1.43. The molecule has 70 valence electrons. The summed E-state index contributed by atoms with van der Waals surface area (Å²) in [5, 5.41) is 0. The molecule has 0 amide bonds. The van der Waals surface area contributed by atoms with Gasteiger partial charge in [-0.25, -0.2) is 0 Å². The Morgan fingerprint density at radius 2 is 1.92 bits per heavy atom. The largest absolute Gasteiger partial charge is 0.459 e. The zero-order valence-electron chi connectivity index (χ0n) is 8.44. The summed E-state index contributed by atoms with van der Waals surface area (Å²) in [6, 6.07) is 0. The molecular weight excluding hydrogens is 152 g/mol. The van der Waals surface area contributed by atoms with Gasteiger partial charge in [-0.1, -0.05) is 6.92 Å². The van der Waals surface area contributed by atoms with E-state index in [0.717, 1.165) is 19.3 Å². The first kappa shape index (κ1) is 9.56. The van der Waals surface area contributed by atoms with Gasteiger partial charge in [0.1, 0.15) is 5.60 Å². The Kier molecular flexibility index (Phi) is 2.19. The summed E-state index contributed by atoms with van der Waals surface area (Å²) < 4.78 is 5.34. The van der Waals surface area contributed by atoms with Gasteiger partial charge in [0.25, 0.3) is 0 Å². The van der Waals surface area contributed by atoms with Gasteiger partial charge < -0.3 is 4.74 Å². The molecule has 12 heavy (non-hydrogen) atoms. The highest BCUT2D eigenvalue weighted by atomic mass is 16.6. The molecule has 0 aromatic rings. The van der Waals surface area contributed by atoms with Crippen molar-refractivity contribution in [3.05, 3.63) is 0 Å². The highest BCUT2D eigenvalue weighted by molar-refractivity contribution is 5.77. The van der Waals surface area contributed by atoms with Crippen LogP contribution in [0.1, 0.15) is 47.0 Å². The number of hydrogen-bond donors (Lipinski definition) is 0. The lowest BCUT2D eigenvalue weighted by molar-refractivity contribution is -0.179. The van der Waals surface area contributed by atoms with Crippen molar-refractivity contribution in [1.29, 1.82) is 0 Å². The van der Waals surface area contributed by atoms with Gasteiger partial charge in [0.15, 0.2) is 0 Å². The third-order valence-corrected chi connectivity index (χ3v) is 2.92. The summed E-state index contributed by atoms with van der Waals surface area (Å²) in [5.41, 5.74) is -0.471. The average Bonchev–Trinajstić information content (AvgIpc) is 1.97. The van der Waals surface area contributed by atoms with Crippen molar-refractivity contribution < 1.29 is 9.53 Å². The summed E-state index contributed by atoms with van der Waals surface area (Å²) >= 11 is 0. The third kappa shape index (κ3) is 1.62. The van der Waals surface area contributed by atoms with E-state index in [9.17, 15) is 4.79 Å². The molecule has 1 heterocycles. The molecule has 0 saturated carbocycles. The van der Waals surface area contributed by atoms with Crippen molar-refractivity contribution in [2.24, 2.45) is 5.41 Å². The number of hydrogen-bond acceptors (Lipinski definition) is 2. The van der Waals surface area contributed by atoms with E-state index in [1.54, 1.807) is 0 Å². The number of ether oxygens (including phenoxy) is 1. The predicted molar refractivity (Wildman–Crippen MR) is 47.8 cm³/mol. The molecule has 1 saturated heterocycles. The maximum atomic E-state index is 11.5. The van der Waals surface area contributed by atoms with Crippen LogP contribution in [0.3, 0.4) is 0 Å². The van der Waals surface area contributed by atoms with E-state index in [1.807, 2.05) is 27.7 Å². The molecule has 0 radical (unpaired) electrons. The minimum absolute atomic E-state index is 0.0266. The van der Waals surface area contributed by atoms with E-state index in [2.05, 4.69) is 0 Å². The molecular formula is C10H18O2. The van der Waals surface area contributed by atoms with Gasteiger partial charge in [-0.3, -0.25) is 4.79 Å². The summed E-state index contributed by atoms with van der Waals surface area (Å²) in [6.45, 7) is 7.98. The molecule has 1 unspecified atom stereocenters. The second-order valence-corrected chi connectivity index (χ2v) is 4.56. The smallest absolute Gasteiger partial charge is 0.312 e. The van der Waals surface area contributed by atoms with Crippen LogP contribution in [0.2, 0.25) is 0 Å². The molecule has 0 bridgehead atoms. The zero-order valence-corrected chi connectivity index (χ0v) is 8.44. The maximum Gasteiger partial charge on any atom is 0.312 e. The number of cyclic esters (lactones) is 1. The Hall–Kier alpha value is -0.530. The standard InChI is InChI=1S/C10H18O2/c1-5-10(4)7-6-9(2,3)12-8(10)11/h5-7H2,1-4H3. The van der Waals surface area contributed by atoms with Gasteiger partial charge in [-0.2, -0.15) is 0 Å². The number of carbonyl (C=O) groups is 1. The molecule has 0 aliphatic carbocycles. The lowest BCUT2D eigenvalue weighted by Crippen LogP contribution is -2.43. The van der Waals surface area contributed by atoms with E-state index >= 15 is 0 Å². The second-order valence-electron chi connectivity index (χ2n) is 4.56. The average molecular weight is 170 g/mol. The fraction of sp³-hybridized carbons (Fsp3) is 0.900. The van der Waals surface area contributed by atoms with Crippen molar-refractivity contribution in [3.8, 4) is 0 Å². The minimum Gasteiger partial charge on any atom is -0.459 e. The summed E-state index contributed by atoms with van der Waals surface area (Å²) in [4.78, 5) is 11.5. The van der Waals surface area contributed by atoms with Crippen LogP contribution >= 0.6 is 0 Å². The first-order valence-electron chi connectivity index (χ1n) is 4.63. The molecule has 1 fully saturated rings. The molecule has 1 rings (SSSR count). The van der Waals surface area contributed by atoms with Crippen LogP contribution in [0.4, 0.5) is 0 Å². The Morgan fingerprint density at radius 3 is 2.33 bits per heavy atom. The first-order valence-corrected chi connectivity index (χ1v) is 4.63. The van der Waals surface area contributed by atoms with E-state index < -0.39 is 0 Å². The minimum atomic E-state index is -0.244. The highest BCUT2D eigenvalue weighted by Crippen LogP contribution is 2.38. The Morgan fingerprint density at radius 1 is 1.33 bits per heavy atom. The van der Waals surface area contributed by atoms with Crippen LogP contribution in [-0.2, 0) is 9.53 Å². The SMILES string of the molecule is CCC1(C)CCC(C)(C)OC1=O. The predicted octanol–water partition coefficient (Wildman–Crippen LogP) is 2.52. The molecule has 1 aliphatic rings. The molecule has 0 aromatic heterocycles. The quantitative estimate of drug-likeness (QED) is 0.565. The maximum absolute atomic E-state index is 11.5. The van der Waals surface area contributed by atoms with Crippen molar-refractivity contribution in [2.45, 2.75) is 52.6 Å². The van der Waals surface area contributed by atoms with Gasteiger partial charge in [0.2, 0.25) is 0 Å². The molecule has 2 nitrogen and oxygen atoms in total. The first-order chi connectivity index (χ1) is 5.40. The second kappa shape index (κ2) is 2.75. The van der Waals surface area contributed by atoms with Gasteiger partial charge in [-0.05, 0) is 40.0 Å². The topological polar surface area (TPSA) is 26.3 Å². The van der Waals surface area contributed by atoms with Gasteiger partial charge in [-0.15, -0.1) is 0 Å². The van der Waals surface area contributed by atoms with Gasteiger partial charge in [0, 0.05) is 0 Å². The lowest BCUT2D eigenvalue weighted by atomic mass is 9.77. The Labute approximate surface area is 74.3 Å². The van der Waals surface area contributed by atoms with Crippen LogP contribution in [0.15, 0.2) is 0 Å². The van der Waals surface area contributed by atoms with Crippen LogP contribution in [0, 0.1) is 5.41 Å². The summed E-state index contributed by atoms with van der Waals surface area (Å²) in [7, 11) is 0. The van der Waals surface area contributed by atoms with E-state index in [1.165, 1.54) is 0 Å². The molecule has 1 atom stereocenters. The van der Waals surface area contributed by atoms with Crippen LogP contribution < -0.4 is 0 Å². The third-order valence-electron chi connectivity index (χ3n) is 2.92. The monoisotopic (exact) mass is 170 g/mol. The Bertz CT molecular complexity index is 196. The van der Waals surface area contributed by atoms with Crippen molar-refractivity contribution >= 4 is 5.97 Å². The summed E-state index contributed by atoms with van der Waals surface area (Å²) in [6.07, 6.45) is 2.81. The Balaban J connectivity index is 2.72. The van der Waals surface area contributed by atoms with Crippen LogP contribution in [0.5, 0.6) is 0 Å². The lowest BCUT2D eigenvalue weighted by Gasteiger charge is -2.39. The van der Waals surface area contributed by atoms with Crippen molar-refractivity contribution in [2.75, 3.05) is 0 Å². The molecule has 1 aliphatic heterocycles. The van der Waals surface area contributed by atoms with Crippen LogP contribution in [-0.4, -0.2) is 11.6 Å². The number of carbonyl (C=O) groups excluding carboxylic acids is 1. The van der Waals surface area contributed by atoms with Crippen molar-refractivity contribution in [1.82, 2.24) is 0 Å². The normalized spacial score (nSPS) is 34.5. The molecule has 0 aromatic carbocycles. The van der Waals surface area contributed by atoms with E-state index in [-0.39, 0.29) is 17.0 Å². The highest BCUT2D eigenvalue weighted by Gasteiger charge is 2.42.